The summed E-state index contributed by atoms with van der Waals surface area (Å²) >= 11 is 3.54. The predicted octanol–water partition coefficient (Wildman–Crippen LogP) is 5.24. The zero-order valence-electron chi connectivity index (χ0n) is 26.8. The summed E-state index contributed by atoms with van der Waals surface area (Å²) in [5.74, 6) is 4.57. The first-order chi connectivity index (χ1) is 23.5. The van der Waals surface area contributed by atoms with Crippen molar-refractivity contribution in [3.63, 3.8) is 0 Å². The Morgan fingerprint density at radius 1 is 0.479 bits per heavy atom. The molecule has 4 N–H and O–H groups in total. The molecule has 0 aromatic heterocycles. The molecule has 4 aromatic carbocycles. The van der Waals surface area contributed by atoms with Crippen LogP contribution in [0.15, 0.2) is 72.8 Å². The maximum absolute atomic E-state index is 12.9. The molecule has 0 unspecified atom stereocenters. The summed E-state index contributed by atoms with van der Waals surface area (Å²) in [5.41, 5.74) is 6.17. The Morgan fingerprint density at radius 2 is 0.792 bits per heavy atom. The molecule has 2 amide bonds. The molecule has 1 heterocycles. The summed E-state index contributed by atoms with van der Waals surface area (Å²) in [6, 6.07) is 23.1. The lowest BCUT2D eigenvalue weighted by molar-refractivity contribution is -0.123. The van der Waals surface area contributed by atoms with Crippen LogP contribution in [-0.4, -0.2) is 71.3 Å². The number of para-hydroxylation sites is 4. The van der Waals surface area contributed by atoms with Crippen molar-refractivity contribution >= 4 is 35.3 Å². The summed E-state index contributed by atoms with van der Waals surface area (Å²) in [6.45, 7) is 0.775. The van der Waals surface area contributed by atoms with Crippen molar-refractivity contribution in [2.75, 3.05) is 49.3 Å². The number of hydrogen-bond donors (Lipinski definition) is 4. The van der Waals surface area contributed by atoms with E-state index in [1.165, 1.54) is 0 Å². The first-order valence-electron chi connectivity index (χ1n) is 16.2. The lowest BCUT2D eigenvalue weighted by Gasteiger charge is -2.20. The smallest absolute Gasteiger partial charge is 0.257 e. The van der Waals surface area contributed by atoms with Crippen molar-refractivity contribution in [2.45, 2.75) is 25.7 Å². The molecule has 10 heteroatoms. The first-order valence-corrected chi connectivity index (χ1v) is 18.5. The molecule has 4 aromatic rings. The minimum absolute atomic E-state index is 0.147. The Bertz CT molecular complexity index is 1560. The van der Waals surface area contributed by atoms with E-state index in [0.717, 1.165) is 45.3 Å². The van der Waals surface area contributed by atoms with Crippen molar-refractivity contribution in [1.29, 1.82) is 0 Å². The van der Waals surface area contributed by atoms with Crippen molar-refractivity contribution in [3.05, 3.63) is 117 Å². The van der Waals surface area contributed by atoms with Crippen LogP contribution in [-0.2, 0) is 35.3 Å². The highest BCUT2D eigenvalue weighted by atomic mass is 32.2. The number of nitrogens with one attached hydrogen (secondary N) is 2. The predicted molar refractivity (Wildman–Crippen MR) is 192 cm³/mol. The van der Waals surface area contributed by atoms with Gasteiger partial charge in [0.1, 0.15) is 23.0 Å². The first kappa shape index (κ1) is 33.6. The molecule has 0 radical (unpaired) electrons. The van der Waals surface area contributed by atoms with E-state index in [-0.39, 0.29) is 36.5 Å². The van der Waals surface area contributed by atoms with E-state index < -0.39 is 0 Å². The number of carbonyl (C=O) groups is 2. The zero-order valence-corrected chi connectivity index (χ0v) is 28.4. The van der Waals surface area contributed by atoms with E-state index in [2.05, 4.69) is 10.6 Å². The number of phenols is 2. The molecular formula is C38H40N2O6S2. The molecule has 48 heavy (non-hydrogen) atoms. The Morgan fingerprint density at radius 3 is 1.12 bits per heavy atom. The monoisotopic (exact) mass is 684 g/mol. The lowest BCUT2D eigenvalue weighted by atomic mass is 9.91. The van der Waals surface area contributed by atoms with Gasteiger partial charge in [-0.3, -0.25) is 9.59 Å². The van der Waals surface area contributed by atoms with Crippen molar-refractivity contribution in [2.24, 2.45) is 0 Å². The summed E-state index contributed by atoms with van der Waals surface area (Å²) < 4.78 is 12.6. The molecule has 250 valence electrons. The van der Waals surface area contributed by atoms with Gasteiger partial charge in [-0.1, -0.05) is 72.8 Å². The van der Waals surface area contributed by atoms with E-state index in [1.807, 2.05) is 72.8 Å². The average molecular weight is 685 g/mol. The molecule has 2 aliphatic rings. The molecule has 10 bridgehead atoms. The minimum Gasteiger partial charge on any atom is -0.507 e. The van der Waals surface area contributed by atoms with Crippen LogP contribution in [0, 0.1) is 0 Å². The van der Waals surface area contributed by atoms with Gasteiger partial charge in [0.15, 0.2) is 13.2 Å². The lowest BCUT2D eigenvalue weighted by Crippen LogP contribution is -2.31. The van der Waals surface area contributed by atoms with Crippen molar-refractivity contribution in [1.82, 2.24) is 10.6 Å². The molecule has 0 atom stereocenters. The largest absolute Gasteiger partial charge is 0.507 e. The van der Waals surface area contributed by atoms with Gasteiger partial charge < -0.3 is 30.3 Å². The number of hydrogen-bond acceptors (Lipinski definition) is 8. The molecule has 6 rings (SSSR count). The number of fused-ring (bicyclic) bond motifs is 2. The van der Waals surface area contributed by atoms with Gasteiger partial charge in [-0.05, 0) is 44.5 Å². The van der Waals surface area contributed by atoms with Gasteiger partial charge >= 0.3 is 0 Å². The number of thioether (sulfide) groups is 2. The number of ether oxygens (including phenoxy) is 2. The van der Waals surface area contributed by atoms with Crippen molar-refractivity contribution < 1.29 is 29.3 Å². The Hall–Kier alpha value is -4.28. The molecule has 0 saturated carbocycles. The number of benzene rings is 4. The van der Waals surface area contributed by atoms with Gasteiger partial charge in [0.2, 0.25) is 0 Å². The molecule has 0 spiro atoms. The summed E-state index contributed by atoms with van der Waals surface area (Å²) in [7, 11) is 0. The SMILES string of the molecule is O=C1COc2c3cccc2Cc2cccc(c2O)Cc2cccc(c2OCC(=O)NCCSCCSCCN1)Cc1cccc(c1O)C3. The third-order valence-electron chi connectivity index (χ3n) is 8.49. The van der Waals surface area contributed by atoms with Gasteiger partial charge in [-0.25, -0.2) is 0 Å². The number of amides is 2. The van der Waals surface area contributed by atoms with Crippen LogP contribution >= 0.6 is 23.5 Å². The highest BCUT2D eigenvalue weighted by Gasteiger charge is 2.21. The highest BCUT2D eigenvalue weighted by Crippen LogP contribution is 2.38. The molecular weight excluding hydrogens is 645 g/mol. The van der Waals surface area contributed by atoms with E-state index in [4.69, 9.17) is 9.47 Å². The second-order valence-corrected chi connectivity index (χ2v) is 14.3. The zero-order chi connectivity index (χ0) is 33.3. The van der Waals surface area contributed by atoms with Crippen LogP contribution in [0.2, 0.25) is 0 Å². The number of phenolic OH excluding ortho intramolecular Hbond substituents is 2. The maximum Gasteiger partial charge on any atom is 0.257 e. The second-order valence-electron chi connectivity index (χ2n) is 11.9. The van der Waals surface area contributed by atoms with Gasteiger partial charge in [0.05, 0.1) is 0 Å². The number of carbonyl (C=O) groups excluding carboxylic acids is 2. The standard InChI is InChI=1S/C38H40N2O6S2/c41-33-23-45-37-29-9-3-11-31(37)21-27-7-2-8-28(36(27)44)22-32-12-4-10-30(20-26-6-1-5-25(19-29)35(26)43)38(32)46-24-34(42)40-14-16-48-18-17-47-15-13-39-33/h1-12,43-44H,13-24H2,(H,39,41)(H,40,42). The molecule has 1 aliphatic carbocycles. The van der Waals surface area contributed by atoms with Gasteiger partial charge in [0, 0.05) is 61.8 Å². The molecule has 1 aliphatic heterocycles. The van der Waals surface area contributed by atoms with Gasteiger partial charge in [-0.15, -0.1) is 0 Å². The van der Waals surface area contributed by atoms with E-state index in [0.29, 0.717) is 72.5 Å². The Balaban J connectivity index is 1.45. The fourth-order valence-corrected chi connectivity index (χ4v) is 7.95. The van der Waals surface area contributed by atoms with E-state index >= 15 is 0 Å². The van der Waals surface area contributed by atoms with E-state index in [9.17, 15) is 19.8 Å². The van der Waals surface area contributed by atoms with Gasteiger partial charge in [0.25, 0.3) is 11.8 Å². The van der Waals surface area contributed by atoms with Crippen LogP contribution in [0.25, 0.3) is 0 Å². The summed E-state index contributed by atoms with van der Waals surface area (Å²) in [6.07, 6.45) is 1.48. The normalized spacial score (nSPS) is 16.5. The highest BCUT2D eigenvalue weighted by molar-refractivity contribution is 8.02. The van der Waals surface area contributed by atoms with Crippen LogP contribution in [0.4, 0.5) is 0 Å². The van der Waals surface area contributed by atoms with Crippen LogP contribution in [0.5, 0.6) is 23.0 Å². The van der Waals surface area contributed by atoms with Crippen LogP contribution in [0.3, 0.4) is 0 Å². The third kappa shape index (κ3) is 8.41. The third-order valence-corrected chi connectivity index (χ3v) is 10.7. The summed E-state index contributed by atoms with van der Waals surface area (Å²) in [5, 5.41) is 29.1. The summed E-state index contributed by atoms with van der Waals surface area (Å²) in [4.78, 5) is 25.7. The molecule has 0 fully saturated rings. The maximum atomic E-state index is 12.9. The Labute approximate surface area is 289 Å². The van der Waals surface area contributed by atoms with Crippen LogP contribution in [0.1, 0.15) is 44.5 Å². The minimum atomic E-state index is -0.206. The Kier molecular flexibility index (Phi) is 11.4. The number of rotatable bonds is 0. The topological polar surface area (TPSA) is 117 Å². The van der Waals surface area contributed by atoms with E-state index in [1.54, 1.807) is 23.5 Å². The number of aromatic hydroxyl groups is 2. The van der Waals surface area contributed by atoms with Gasteiger partial charge in [-0.2, -0.15) is 23.5 Å². The fourth-order valence-electron chi connectivity index (χ4n) is 6.11. The molecule has 8 nitrogen and oxygen atoms in total. The van der Waals surface area contributed by atoms with Crippen molar-refractivity contribution in [3.8, 4) is 23.0 Å². The average Bonchev–Trinajstić information content (AvgIpc) is 3.07. The van der Waals surface area contributed by atoms with Crippen LogP contribution < -0.4 is 20.1 Å². The fraction of sp³-hybridized carbons (Fsp3) is 0.316. The quantitative estimate of drug-likeness (QED) is 0.175. The molecule has 0 saturated heterocycles. The second kappa shape index (κ2) is 16.2.